The third-order valence-electron chi connectivity index (χ3n) is 6.35. The number of piperidine rings is 1. The zero-order valence-electron chi connectivity index (χ0n) is 20.5. The van der Waals surface area contributed by atoms with Crippen LogP contribution >= 0.6 is 23.2 Å². The van der Waals surface area contributed by atoms with Gasteiger partial charge in [0.25, 0.3) is 0 Å². The number of nitrogens with zero attached hydrogens (tertiary/aromatic N) is 2. The molecule has 0 saturated carbocycles. The van der Waals surface area contributed by atoms with E-state index in [0.717, 1.165) is 0 Å². The molecule has 202 valence electrons. The average Bonchev–Trinajstić information content (AvgIpc) is 2.92. The molecule has 0 bridgehead atoms. The van der Waals surface area contributed by atoms with Crippen LogP contribution in [0.1, 0.15) is 28.8 Å². The molecule has 1 unspecified atom stereocenters. The molecular formula is C26H26Cl2N2O6S2. The molecule has 3 aromatic carbocycles. The maximum absolute atomic E-state index is 13.9. The number of sulfonamides is 2. The van der Waals surface area contributed by atoms with Gasteiger partial charge in [-0.05, 0) is 79.1 Å². The van der Waals surface area contributed by atoms with Crippen molar-refractivity contribution in [3.8, 4) is 0 Å². The van der Waals surface area contributed by atoms with Gasteiger partial charge in [0.2, 0.25) is 20.0 Å². The molecule has 1 fully saturated rings. The largest absolute Gasteiger partial charge is 0.465 e. The Labute approximate surface area is 232 Å². The minimum Gasteiger partial charge on any atom is -0.465 e. The molecule has 0 N–H and O–H groups in total. The van der Waals surface area contributed by atoms with Crippen molar-refractivity contribution in [1.29, 1.82) is 0 Å². The van der Waals surface area contributed by atoms with Crippen molar-refractivity contribution < 1.29 is 26.4 Å². The number of hydrogen-bond acceptors (Lipinski definition) is 6. The lowest BCUT2D eigenvalue weighted by atomic mass is 10.1. The zero-order valence-corrected chi connectivity index (χ0v) is 23.6. The van der Waals surface area contributed by atoms with Gasteiger partial charge in [0, 0.05) is 35.7 Å². The molecule has 0 spiro atoms. The second-order valence-electron chi connectivity index (χ2n) is 8.81. The van der Waals surface area contributed by atoms with Crippen molar-refractivity contribution in [1.82, 2.24) is 8.61 Å². The second-order valence-corrected chi connectivity index (χ2v) is 13.5. The third kappa shape index (κ3) is 6.22. The van der Waals surface area contributed by atoms with Gasteiger partial charge in [-0.15, -0.1) is 0 Å². The van der Waals surface area contributed by atoms with Crippen LogP contribution in [0.5, 0.6) is 0 Å². The lowest BCUT2D eigenvalue weighted by Crippen LogP contribution is -2.51. The van der Waals surface area contributed by atoms with E-state index in [1.54, 1.807) is 24.3 Å². The number of ether oxygens (including phenoxy) is 1. The first kappa shape index (κ1) is 28.5. The standard InChI is InChI=1S/C26H26Cl2N2O6S2/c1-36-26(31)20-6-4-19(5-7-20)17-30(38(34,35)25-14-10-22(28)11-15-25)23-3-2-16-29(18-23)37(32,33)24-12-8-21(27)9-13-24/h4-15,23H,2-3,16-18H2,1H3. The summed E-state index contributed by atoms with van der Waals surface area (Å²) in [4.78, 5) is 12.0. The predicted molar refractivity (Wildman–Crippen MR) is 145 cm³/mol. The number of methoxy groups -OCH3 is 1. The van der Waals surface area contributed by atoms with Crippen LogP contribution < -0.4 is 0 Å². The Kier molecular flexibility index (Phi) is 8.81. The van der Waals surface area contributed by atoms with Gasteiger partial charge in [-0.2, -0.15) is 8.61 Å². The van der Waals surface area contributed by atoms with Crippen LogP contribution in [0.4, 0.5) is 0 Å². The maximum atomic E-state index is 13.9. The second kappa shape index (κ2) is 11.7. The Morgan fingerprint density at radius 3 is 2.00 bits per heavy atom. The Bertz CT molecular complexity index is 1490. The molecule has 12 heteroatoms. The van der Waals surface area contributed by atoms with E-state index in [1.807, 2.05) is 0 Å². The number of hydrogen-bond donors (Lipinski definition) is 0. The summed E-state index contributed by atoms with van der Waals surface area (Å²) in [5.74, 6) is -0.502. The Morgan fingerprint density at radius 1 is 0.895 bits per heavy atom. The summed E-state index contributed by atoms with van der Waals surface area (Å²) in [5, 5.41) is 0.811. The molecule has 38 heavy (non-hydrogen) atoms. The highest BCUT2D eigenvalue weighted by atomic mass is 35.5. The maximum Gasteiger partial charge on any atom is 0.337 e. The van der Waals surface area contributed by atoms with Crippen LogP contribution in [0.3, 0.4) is 0 Å². The normalized spacial score (nSPS) is 16.9. The number of benzene rings is 3. The van der Waals surface area contributed by atoms with Crippen molar-refractivity contribution in [2.75, 3.05) is 20.2 Å². The van der Waals surface area contributed by atoms with E-state index in [1.165, 1.54) is 64.3 Å². The Morgan fingerprint density at radius 2 is 1.45 bits per heavy atom. The van der Waals surface area contributed by atoms with Gasteiger partial charge in [-0.1, -0.05) is 35.3 Å². The van der Waals surface area contributed by atoms with Crippen LogP contribution in [0.15, 0.2) is 82.6 Å². The Hall–Kier alpha value is -2.47. The fraction of sp³-hybridized carbons (Fsp3) is 0.269. The van der Waals surface area contributed by atoms with E-state index in [4.69, 9.17) is 27.9 Å². The number of carbonyl (C=O) groups is 1. The SMILES string of the molecule is COC(=O)c1ccc(CN(C2CCCN(S(=O)(=O)c3ccc(Cl)cc3)C2)S(=O)(=O)c2ccc(Cl)cc2)cc1. The monoisotopic (exact) mass is 596 g/mol. The van der Waals surface area contributed by atoms with Gasteiger partial charge in [0.05, 0.1) is 22.5 Å². The molecule has 1 atom stereocenters. The van der Waals surface area contributed by atoms with Crippen LogP contribution in [0.25, 0.3) is 0 Å². The van der Waals surface area contributed by atoms with Gasteiger partial charge in [-0.3, -0.25) is 0 Å². The molecule has 0 radical (unpaired) electrons. The molecular weight excluding hydrogens is 571 g/mol. The Balaban J connectivity index is 1.68. The lowest BCUT2D eigenvalue weighted by Gasteiger charge is -2.38. The first-order valence-corrected chi connectivity index (χ1v) is 15.4. The zero-order chi connectivity index (χ0) is 27.5. The highest BCUT2D eigenvalue weighted by Gasteiger charge is 2.38. The molecule has 0 amide bonds. The van der Waals surface area contributed by atoms with Gasteiger partial charge >= 0.3 is 5.97 Å². The summed E-state index contributed by atoms with van der Waals surface area (Å²) in [6.07, 6.45) is 0.950. The molecule has 3 aromatic rings. The fourth-order valence-corrected chi connectivity index (χ4v) is 7.73. The van der Waals surface area contributed by atoms with Gasteiger partial charge in [-0.25, -0.2) is 21.6 Å². The van der Waals surface area contributed by atoms with E-state index in [-0.39, 0.29) is 29.4 Å². The first-order valence-electron chi connectivity index (χ1n) is 11.7. The van der Waals surface area contributed by atoms with Crippen molar-refractivity contribution >= 4 is 49.2 Å². The smallest absolute Gasteiger partial charge is 0.337 e. The van der Waals surface area contributed by atoms with Crippen molar-refractivity contribution in [2.24, 2.45) is 0 Å². The van der Waals surface area contributed by atoms with E-state index in [0.29, 0.717) is 34.0 Å². The molecule has 4 rings (SSSR count). The minimum atomic E-state index is -4.04. The van der Waals surface area contributed by atoms with Crippen LogP contribution in [-0.4, -0.2) is 57.7 Å². The van der Waals surface area contributed by atoms with Gasteiger partial charge < -0.3 is 4.74 Å². The van der Waals surface area contributed by atoms with Gasteiger partial charge in [0.15, 0.2) is 0 Å². The van der Waals surface area contributed by atoms with Gasteiger partial charge in [0.1, 0.15) is 0 Å². The molecule has 1 aliphatic heterocycles. The van der Waals surface area contributed by atoms with E-state index < -0.39 is 32.1 Å². The number of esters is 1. The van der Waals surface area contributed by atoms with Crippen LogP contribution in [0.2, 0.25) is 10.0 Å². The quantitative estimate of drug-likeness (QED) is 0.345. The number of rotatable bonds is 8. The lowest BCUT2D eigenvalue weighted by molar-refractivity contribution is 0.0600. The highest BCUT2D eigenvalue weighted by molar-refractivity contribution is 7.89. The molecule has 0 aliphatic carbocycles. The van der Waals surface area contributed by atoms with E-state index in [2.05, 4.69) is 0 Å². The van der Waals surface area contributed by atoms with E-state index >= 15 is 0 Å². The number of carbonyl (C=O) groups excluding carboxylic acids is 1. The fourth-order valence-electron chi connectivity index (χ4n) is 4.33. The van der Waals surface area contributed by atoms with Crippen molar-refractivity contribution in [2.45, 2.75) is 35.2 Å². The minimum absolute atomic E-state index is 0.0158. The molecule has 1 heterocycles. The molecule has 8 nitrogen and oxygen atoms in total. The van der Waals surface area contributed by atoms with Crippen LogP contribution in [0, 0.1) is 0 Å². The van der Waals surface area contributed by atoms with E-state index in [9.17, 15) is 21.6 Å². The number of halogens is 2. The highest BCUT2D eigenvalue weighted by Crippen LogP contribution is 2.29. The summed E-state index contributed by atoms with van der Waals surface area (Å²) in [6.45, 7) is 0.230. The summed E-state index contributed by atoms with van der Waals surface area (Å²) < 4.78 is 61.8. The summed E-state index contributed by atoms with van der Waals surface area (Å²) in [5.41, 5.74) is 0.967. The topological polar surface area (TPSA) is 101 Å². The average molecular weight is 598 g/mol. The third-order valence-corrected chi connectivity index (χ3v) is 10.6. The first-order chi connectivity index (χ1) is 18.0. The summed E-state index contributed by atoms with van der Waals surface area (Å²) >= 11 is 11.9. The molecule has 1 aliphatic rings. The molecule has 1 saturated heterocycles. The van der Waals surface area contributed by atoms with Crippen molar-refractivity contribution in [3.63, 3.8) is 0 Å². The molecule has 0 aromatic heterocycles. The predicted octanol–water partition coefficient (Wildman–Crippen LogP) is 4.82. The summed E-state index contributed by atoms with van der Waals surface area (Å²) in [7, 11) is -6.63. The van der Waals surface area contributed by atoms with Crippen LogP contribution in [-0.2, 0) is 31.3 Å². The summed E-state index contributed by atoms with van der Waals surface area (Å²) in [6, 6.07) is 17.5. The van der Waals surface area contributed by atoms with Crippen molar-refractivity contribution in [3.05, 3.63) is 94.0 Å².